The van der Waals surface area contributed by atoms with Gasteiger partial charge >= 0.3 is 0 Å². The highest BCUT2D eigenvalue weighted by molar-refractivity contribution is 5.93. The third-order valence-corrected chi connectivity index (χ3v) is 2.02. The van der Waals surface area contributed by atoms with Crippen LogP contribution in [0.15, 0.2) is 24.9 Å². The van der Waals surface area contributed by atoms with Crippen LogP contribution in [0.5, 0.6) is 0 Å². The highest BCUT2D eigenvalue weighted by Crippen LogP contribution is 2.11. The topological polar surface area (TPSA) is 42.4 Å². The lowest BCUT2D eigenvalue weighted by Crippen LogP contribution is -2.21. The van der Waals surface area contributed by atoms with E-state index in [0.29, 0.717) is 23.6 Å². The number of carbonyl (C=O) groups excluding carboxylic acids is 1. The summed E-state index contributed by atoms with van der Waals surface area (Å²) in [7, 11) is 3.41. The zero-order valence-electron chi connectivity index (χ0n) is 9.86. The molecule has 16 heavy (non-hydrogen) atoms. The summed E-state index contributed by atoms with van der Waals surface area (Å²) in [6.45, 7) is 6.18. The molecule has 0 atom stereocenters. The van der Waals surface area contributed by atoms with Crippen LogP contribution in [0.2, 0.25) is 0 Å². The van der Waals surface area contributed by atoms with E-state index in [2.05, 4.69) is 11.6 Å². The lowest BCUT2D eigenvalue weighted by atomic mass is 10.2. The summed E-state index contributed by atoms with van der Waals surface area (Å²) < 4.78 is 5.22. The summed E-state index contributed by atoms with van der Waals surface area (Å²) in [4.78, 5) is 17.2. The first-order chi connectivity index (χ1) is 7.56. The number of hydrogen-bond acceptors (Lipinski definition) is 3. The van der Waals surface area contributed by atoms with Crippen LogP contribution in [-0.2, 0) is 4.74 Å². The van der Waals surface area contributed by atoms with Crippen molar-refractivity contribution < 1.29 is 9.53 Å². The minimum Gasteiger partial charge on any atom is -0.492 e. The van der Waals surface area contributed by atoms with Crippen molar-refractivity contribution in [2.24, 2.45) is 0 Å². The minimum absolute atomic E-state index is 0.0685. The van der Waals surface area contributed by atoms with Gasteiger partial charge in [0, 0.05) is 20.3 Å². The Labute approximate surface area is 95.6 Å². The van der Waals surface area contributed by atoms with Crippen LogP contribution >= 0.6 is 0 Å². The molecular weight excluding hydrogens is 204 g/mol. The predicted molar refractivity (Wildman–Crippen MR) is 62.9 cm³/mol. The molecule has 0 aromatic carbocycles. The number of amides is 1. The molecule has 1 aromatic heterocycles. The maximum absolute atomic E-state index is 11.6. The fourth-order valence-electron chi connectivity index (χ4n) is 1.19. The Morgan fingerprint density at radius 2 is 2.19 bits per heavy atom. The largest absolute Gasteiger partial charge is 0.492 e. The summed E-state index contributed by atoms with van der Waals surface area (Å²) in [5.74, 6) is 0.451. The Kier molecular flexibility index (Phi) is 4.05. The van der Waals surface area contributed by atoms with Gasteiger partial charge in [0.15, 0.2) is 0 Å². The maximum Gasteiger partial charge on any atom is 0.254 e. The second-order valence-electron chi connectivity index (χ2n) is 3.49. The molecule has 0 aliphatic heterocycles. The summed E-state index contributed by atoms with van der Waals surface area (Å²) >= 11 is 0. The molecule has 1 rings (SSSR count). The first kappa shape index (κ1) is 12.2. The van der Waals surface area contributed by atoms with Crippen LogP contribution < -0.4 is 0 Å². The van der Waals surface area contributed by atoms with E-state index in [1.807, 2.05) is 6.92 Å². The number of aromatic nitrogens is 1. The molecule has 0 spiro atoms. The van der Waals surface area contributed by atoms with Crippen LogP contribution in [0.25, 0.3) is 5.76 Å². The Bertz CT molecular complexity index is 383. The quantitative estimate of drug-likeness (QED) is 0.726. The van der Waals surface area contributed by atoms with Gasteiger partial charge in [-0.2, -0.15) is 0 Å². The Morgan fingerprint density at radius 1 is 1.50 bits per heavy atom. The van der Waals surface area contributed by atoms with Gasteiger partial charge in [0.1, 0.15) is 11.5 Å². The van der Waals surface area contributed by atoms with Crippen molar-refractivity contribution in [1.82, 2.24) is 9.88 Å². The highest BCUT2D eigenvalue weighted by Gasteiger charge is 2.09. The molecule has 4 nitrogen and oxygen atoms in total. The molecule has 0 N–H and O–H groups in total. The molecule has 4 heteroatoms. The van der Waals surface area contributed by atoms with Gasteiger partial charge in [0.2, 0.25) is 0 Å². The van der Waals surface area contributed by atoms with Gasteiger partial charge in [-0.25, -0.2) is 0 Å². The Hall–Kier alpha value is -1.84. The minimum atomic E-state index is -0.0685. The summed E-state index contributed by atoms with van der Waals surface area (Å²) in [6, 6.07) is 3.45. The highest BCUT2D eigenvalue weighted by atomic mass is 16.5. The fourth-order valence-corrected chi connectivity index (χ4v) is 1.19. The van der Waals surface area contributed by atoms with E-state index in [-0.39, 0.29) is 5.91 Å². The van der Waals surface area contributed by atoms with Crippen molar-refractivity contribution in [3.8, 4) is 0 Å². The molecule has 0 saturated carbocycles. The van der Waals surface area contributed by atoms with E-state index in [9.17, 15) is 4.79 Å². The van der Waals surface area contributed by atoms with Gasteiger partial charge in [-0.1, -0.05) is 6.58 Å². The van der Waals surface area contributed by atoms with Crippen molar-refractivity contribution in [3.05, 3.63) is 36.2 Å². The third-order valence-electron chi connectivity index (χ3n) is 2.02. The summed E-state index contributed by atoms with van der Waals surface area (Å²) in [5.41, 5.74) is 1.20. The molecule has 86 valence electrons. The zero-order valence-corrected chi connectivity index (χ0v) is 9.86. The number of nitrogens with zero attached hydrogens (tertiary/aromatic N) is 2. The van der Waals surface area contributed by atoms with Crippen molar-refractivity contribution in [2.75, 3.05) is 20.7 Å². The molecule has 1 heterocycles. The van der Waals surface area contributed by atoms with Crippen LogP contribution in [0.3, 0.4) is 0 Å². The molecular formula is C12H16N2O2. The predicted octanol–water partition coefficient (Wildman–Crippen LogP) is 1.79. The lowest BCUT2D eigenvalue weighted by Gasteiger charge is -2.10. The summed E-state index contributed by atoms with van der Waals surface area (Å²) in [6.07, 6.45) is 1.53. The molecule has 0 bridgehead atoms. The number of rotatable bonds is 4. The number of pyridine rings is 1. The molecule has 0 fully saturated rings. The standard InChI is InChI=1S/C12H16N2O2/c1-5-16-9(2)11-7-6-10(8-13-11)12(15)14(3)4/h6-8H,2,5H2,1,3-4H3. The van der Waals surface area contributed by atoms with Crippen molar-refractivity contribution >= 4 is 11.7 Å². The van der Waals surface area contributed by atoms with E-state index in [0.717, 1.165) is 0 Å². The molecule has 0 aliphatic rings. The molecule has 0 radical (unpaired) electrons. The summed E-state index contributed by atoms with van der Waals surface area (Å²) in [5, 5.41) is 0. The molecule has 0 aliphatic carbocycles. The monoisotopic (exact) mass is 220 g/mol. The van der Waals surface area contributed by atoms with Crippen LogP contribution in [-0.4, -0.2) is 36.5 Å². The van der Waals surface area contributed by atoms with Gasteiger partial charge in [0.25, 0.3) is 5.91 Å². The van der Waals surface area contributed by atoms with Gasteiger partial charge in [-0.05, 0) is 19.1 Å². The third kappa shape index (κ3) is 2.82. The molecule has 0 saturated heterocycles. The van der Waals surface area contributed by atoms with Crippen molar-refractivity contribution in [2.45, 2.75) is 6.92 Å². The molecule has 1 amide bonds. The lowest BCUT2D eigenvalue weighted by molar-refractivity contribution is 0.0827. The van der Waals surface area contributed by atoms with E-state index in [1.165, 1.54) is 11.1 Å². The smallest absolute Gasteiger partial charge is 0.254 e. The van der Waals surface area contributed by atoms with E-state index in [1.54, 1.807) is 26.2 Å². The Morgan fingerprint density at radius 3 is 2.62 bits per heavy atom. The zero-order chi connectivity index (χ0) is 12.1. The van der Waals surface area contributed by atoms with Crippen molar-refractivity contribution in [3.63, 3.8) is 0 Å². The molecule has 0 unspecified atom stereocenters. The van der Waals surface area contributed by atoms with Gasteiger partial charge in [-0.3, -0.25) is 9.78 Å². The normalized spacial score (nSPS) is 9.69. The van der Waals surface area contributed by atoms with Gasteiger partial charge < -0.3 is 9.64 Å². The number of carbonyl (C=O) groups is 1. The van der Waals surface area contributed by atoms with Crippen LogP contribution in [0.1, 0.15) is 23.0 Å². The number of hydrogen-bond donors (Lipinski definition) is 0. The molecule has 1 aromatic rings. The van der Waals surface area contributed by atoms with Crippen LogP contribution in [0.4, 0.5) is 0 Å². The SMILES string of the molecule is C=C(OCC)c1ccc(C(=O)N(C)C)cn1. The van der Waals surface area contributed by atoms with E-state index in [4.69, 9.17) is 4.74 Å². The van der Waals surface area contributed by atoms with Gasteiger partial charge in [0.05, 0.1) is 12.2 Å². The number of ether oxygens (including phenoxy) is 1. The van der Waals surface area contributed by atoms with Crippen LogP contribution in [0, 0.1) is 0 Å². The first-order valence-corrected chi connectivity index (χ1v) is 5.06. The average molecular weight is 220 g/mol. The van der Waals surface area contributed by atoms with Crippen molar-refractivity contribution in [1.29, 1.82) is 0 Å². The van der Waals surface area contributed by atoms with Gasteiger partial charge in [-0.15, -0.1) is 0 Å². The Balaban J connectivity index is 2.83. The fraction of sp³-hybridized carbons (Fsp3) is 0.333. The first-order valence-electron chi connectivity index (χ1n) is 5.06. The maximum atomic E-state index is 11.6. The second-order valence-corrected chi connectivity index (χ2v) is 3.49. The second kappa shape index (κ2) is 5.30. The van der Waals surface area contributed by atoms with E-state index >= 15 is 0 Å². The van der Waals surface area contributed by atoms with E-state index < -0.39 is 0 Å². The average Bonchev–Trinajstić information content (AvgIpc) is 2.28.